The van der Waals surface area contributed by atoms with Gasteiger partial charge >= 0.3 is 0 Å². The summed E-state index contributed by atoms with van der Waals surface area (Å²) in [6.07, 6.45) is 1.74. The predicted octanol–water partition coefficient (Wildman–Crippen LogP) is 2.97. The zero-order valence-corrected chi connectivity index (χ0v) is 10.8. The van der Waals surface area contributed by atoms with E-state index in [9.17, 15) is 0 Å². The molecule has 4 nitrogen and oxygen atoms in total. The van der Waals surface area contributed by atoms with Gasteiger partial charge in [0.1, 0.15) is 11.6 Å². The topological polar surface area (TPSA) is 47.0 Å². The standard InChI is InChI=1S/C14H17N3O/c1-10-8-14(17-15-9-10)16-11(2)12-4-6-13(18-3)7-5-12/h4-9,11H,1-3H3,(H,16,17). The van der Waals surface area contributed by atoms with E-state index in [2.05, 4.69) is 22.4 Å². The van der Waals surface area contributed by atoms with Crippen LogP contribution in [0.15, 0.2) is 36.5 Å². The number of nitrogens with zero attached hydrogens (tertiary/aromatic N) is 2. The van der Waals surface area contributed by atoms with Gasteiger partial charge < -0.3 is 10.1 Å². The largest absolute Gasteiger partial charge is 0.497 e. The van der Waals surface area contributed by atoms with Gasteiger partial charge in [0.25, 0.3) is 0 Å². The number of ether oxygens (including phenoxy) is 1. The molecule has 18 heavy (non-hydrogen) atoms. The van der Waals surface area contributed by atoms with Crippen LogP contribution in [0.3, 0.4) is 0 Å². The number of hydrogen-bond acceptors (Lipinski definition) is 4. The van der Waals surface area contributed by atoms with Gasteiger partial charge in [0.2, 0.25) is 0 Å². The molecule has 0 aliphatic heterocycles. The summed E-state index contributed by atoms with van der Waals surface area (Å²) < 4.78 is 5.14. The van der Waals surface area contributed by atoms with E-state index in [1.165, 1.54) is 5.56 Å². The van der Waals surface area contributed by atoms with E-state index in [1.807, 2.05) is 37.3 Å². The predicted molar refractivity (Wildman–Crippen MR) is 71.8 cm³/mol. The zero-order chi connectivity index (χ0) is 13.0. The van der Waals surface area contributed by atoms with Crippen LogP contribution >= 0.6 is 0 Å². The van der Waals surface area contributed by atoms with Crippen molar-refractivity contribution in [1.29, 1.82) is 0 Å². The fourth-order valence-electron chi connectivity index (χ4n) is 1.73. The average Bonchev–Trinajstić information content (AvgIpc) is 2.39. The first-order chi connectivity index (χ1) is 8.69. The molecule has 4 heteroatoms. The molecule has 2 aromatic rings. The fraction of sp³-hybridized carbons (Fsp3) is 0.286. The first-order valence-electron chi connectivity index (χ1n) is 5.89. The molecule has 0 amide bonds. The summed E-state index contributed by atoms with van der Waals surface area (Å²) in [5.41, 5.74) is 2.27. The molecule has 94 valence electrons. The van der Waals surface area contributed by atoms with Crippen LogP contribution in [-0.4, -0.2) is 17.3 Å². The molecule has 1 N–H and O–H groups in total. The van der Waals surface area contributed by atoms with Crippen molar-refractivity contribution in [3.63, 3.8) is 0 Å². The van der Waals surface area contributed by atoms with Crippen molar-refractivity contribution < 1.29 is 4.74 Å². The van der Waals surface area contributed by atoms with Gasteiger partial charge in [-0.25, -0.2) is 0 Å². The number of hydrogen-bond donors (Lipinski definition) is 1. The monoisotopic (exact) mass is 243 g/mol. The Labute approximate surface area is 107 Å². The second-order valence-corrected chi connectivity index (χ2v) is 4.26. The highest BCUT2D eigenvalue weighted by molar-refractivity contribution is 5.39. The lowest BCUT2D eigenvalue weighted by molar-refractivity contribution is 0.414. The van der Waals surface area contributed by atoms with Crippen LogP contribution < -0.4 is 10.1 Å². The second kappa shape index (κ2) is 5.49. The molecule has 0 fully saturated rings. The van der Waals surface area contributed by atoms with Gasteiger partial charge in [-0.05, 0) is 43.2 Å². The van der Waals surface area contributed by atoms with Gasteiger partial charge in [0, 0.05) is 0 Å². The molecular formula is C14H17N3O. The molecule has 0 saturated heterocycles. The Kier molecular flexibility index (Phi) is 3.77. The zero-order valence-electron chi connectivity index (χ0n) is 10.8. The third kappa shape index (κ3) is 2.97. The first kappa shape index (κ1) is 12.4. The van der Waals surface area contributed by atoms with Gasteiger partial charge in [-0.3, -0.25) is 0 Å². The summed E-state index contributed by atoms with van der Waals surface area (Å²) in [5, 5.41) is 11.3. The molecule has 0 spiro atoms. The van der Waals surface area contributed by atoms with Crippen LogP contribution in [0.2, 0.25) is 0 Å². The summed E-state index contributed by atoms with van der Waals surface area (Å²) in [7, 11) is 1.67. The lowest BCUT2D eigenvalue weighted by Gasteiger charge is -2.15. The maximum atomic E-state index is 5.14. The van der Waals surface area contributed by atoms with Crippen LogP contribution in [0.5, 0.6) is 5.75 Å². The van der Waals surface area contributed by atoms with Crippen molar-refractivity contribution in [3.8, 4) is 5.75 Å². The van der Waals surface area contributed by atoms with Gasteiger partial charge in [0.15, 0.2) is 0 Å². The number of benzene rings is 1. The smallest absolute Gasteiger partial charge is 0.149 e. The fourth-order valence-corrected chi connectivity index (χ4v) is 1.73. The van der Waals surface area contributed by atoms with Crippen LogP contribution in [0.1, 0.15) is 24.1 Å². The van der Waals surface area contributed by atoms with Crippen molar-refractivity contribution >= 4 is 5.82 Å². The molecule has 1 atom stereocenters. The maximum absolute atomic E-state index is 5.14. The Bertz CT molecular complexity index is 511. The Morgan fingerprint density at radius 1 is 1.22 bits per heavy atom. The highest BCUT2D eigenvalue weighted by atomic mass is 16.5. The van der Waals surface area contributed by atoms with Crippen molar-refractivity contribution in [2.75, 3.05) is 12.4 Å². The Hall–Kier alpha value is -2.10. The molecule has 0 aliphatic rings. The van der Waals surface area contributed by atoms with E-state index >= 15 is 0 Å². The number of nitrogens with one attached hydrogen (secondary N) is 1. The molecule has 1 heterocycles. The average molecular weight is 243 g/mol. The minimum atomic E-state index is 0.173. The minimum absolute atomic E-state index is 0.173. The maximum Gasteiger partial charge on any atom is 0.149 e. The van der Waals surface area contributed by atoms with E-state index < -0.39 is 0 Å². The Balaban J connectivity index is 2.09. The van der Waals surface area contributed by atoms with E-state index in [1.54, 1.807) is 13.3 Å². The van der Waals surface area contributed by atoms with Gasteiger partial charge in [-0.1, -0.05) is 12.1 Å². The molecular weight excluding hydrogens is 226 g/mol. The molecule has 2 rings (SSSR count). The summed E-state index contributed by atoms with van der Waals surface area (Å²) in [4.78, 5) is 0. The summed E-state index contributed by atoms with van der Waals surface area (Å²) >= 11 is 0. The lowest BCUT2D eigenvalue weighted by Crippen LogP contribution is -2.08. The summed E-state index contributed by atoms with van der Waals surface area (Å²) in [5.74, 6) is 1.65. The van der Waals surface area contributed by atoms with Gasteiger partial charge in [-0.15, -0.1) is 5.10 Å². The van der Waals surface area contributed by atoms with Crippen LogP contribution in [0.25, 0.3) is 0 Å². The SMILES string of the molecule is COc1ccc(C(C)Nc2cc(C)cnn2)cc1. The lowest BCUT2D eigenvalue weighted by atomic mass is 10.1. The summed E-state index contributed by atoms with van der Waals surface area (Å²) in [6, 6.07) is 10.1. The van der Waals surface area contributed by atoms with Crippen molar-refractivity contribution in [1.82, 2.24) is 10.2 Å². The van der Waals surface area contributed by atoms with E-state index in [-0.39, 0.29) is 6.04 Å². The molecule has 0 bridgehead atoms. The number of aromatic nitrogens is 2. The molecule has 0 radical (unpaired) electrons. The second-order valence-electron chi connectivity index (χ2n) is 4.26. The van der Waals surface area contributed by atoms with Crippen LogP contribution in [-0.2, 0) is 0 Å². The van der Waals surface area contributed by atoms with Crippen molar-refractivity contribution in [2.45, 2.75) is 19.9 Å². The Morgan fingerprint density at radius 2 is 1.94 bits per heavy atom. The number of rotatable bonds is 4. The molecule has 1 unspecified atom stereocenters. The van der Waals surface area contributed by atoms with Gasteiger partial charge in [0.05, 0.1) is 19.3 Å². The van der Waals surface area contributed by atoms with Crippen molar-refractivity contribution in [3.05, 3.63) is 47.7 Å². The highest BCUT2D eigenvalue weighted by Gasteiger charge is 2.06. The van der Waals surface area contributed by atoms with Crippen molar-refractivity contribution in [2.24, 2.45) is 0 Å². The number of anilines is 1. The third-order valence-corrected chi connectivity index (χ3v) is 2.77. The van der Waals surface area contributed by atoms with E-state index in [4.69, 9.17) is 4.74 Å². The van der Waals surface area contributed by atoms with E-state index in [0.29, 0.717) is 0 Å². The molecule has 1 aromatic carbocycles. The molecule has 0 saturated carbocycles. The Morgan fingerprint density at radius 3 is 2.56 bits per heavy atom. The minimum Gasteiger partial charge on any atom is -0.497 e. The highest BCUT2D eigenvalue weighted by Crippen LogP contribution is 2.20. The molecule has 0 aliphatic carbocycles. The van der Waals surface area contributed by atoms with Crippen LogP contribution in [0.4, 0.5) is 5.82 Å². The first-order valence-corrected chi connectivity index (χ1v) is 5.89. The number of aryl methyl sites for hydroxylation is 1. The normalized spacial score (nSPS) is 11.9. The third-order valence-electron chi connectivity index (χ3n) is 2.77. The number of methoxy groups -OCH3 is 1. The van der Waals surface area contributed by atoms with Crippen LogP contribution in [0, 0.1) is 6.92 Å². The quantitative estimate of drug-likeness (QED) is 0.896. The van der Waals surface area contributed by atoms with E-state index in [0.717, 1.165) is 17.1 Å². The summed E-state index contributed by atoms with van der Waals surface area (Å²) in [6.45, 7) is 4.09. The van der Waals surface area contributed by atoms with Gasteiger partial charge in [-0.2, -0.15) is 5.10 Å². The molecule has 1 aromatic heterocycles.